The molecule has 1 aliphatic rings. The third kappa shape index (κ3) is 4.15. The fourth-order valence-electron chi connectivity index (χ4n) is 3.24. The van der Waals surface area contributed by atoms with Crippen LogP contribution >= 0.6 is 0 Å². The van der Waals surface area contributed by atoms with Crippen LogP contribution in [0.25, 0.3) is 0 Å². The second kappa shape index (κ2) is 7.86. The number of likely N-dealkylation sites (tertiary alicyclic amines) is 1. The fraction of sp³-hybridized carbons (Fsp3) is 0.333. The van der Waals surface area contributed by atoms with Gasteiger partial charge in [-0.3, -0.25) is 9.59 Å². The van der Waals surface area contributed by atoms with Crippen molar-refractivity contribution in [2.24, 2.45) is 5.92 Å². The summed E-state index contributed by atoms with van der Waals surface area (Å²) >= 11 is 0. The van der Waals surface area contributed by atoms with Crippen molar-refractivity contribution in [1.29, 1.82) is 0 Å². The van der Waals surface area contributed by atoms with Gasteiger partial charge in [0.25, 0.3) is 5.91 Å². The van der Waals surface area contributed by atoms with Crippen molar-refractivity contribution in [2.45, 2.75) is 26.7 Å². The zero-order valence-electron chi connectivity index (χ0n) is 15.4. The Hall–Kier alpha value is -2.76. The third-order valence-corrected chi connectivity index (χ3v) is 5.12. The van der Waals surface area contributed by atoms with E-state index in [2.05, 4.69) is 5.32 Å². The molecule has 2 aromatic carbocycles. The maximum Gasteiger partial charge on any atom is 0.253 e. The maximum atomic E-state index is 13.7. The molecule has 0 unspecified atom stereocenters. The van der Waals surface area contributed by atoms with Crippen molar-refractivity contribution in [1.82, 2.24) is 4.90 Å². The monoisotopic (exact) mass is 372 g/mol. The minimum absolute atomic E-state index is 0.0582. The smallest absolute Gasteiger partial charge is 0.253 e. The summed E-state index contributed by atoms with van der Waals surface area (Å²) in [5.74, 6) is -2.46. The van der Waals surface area contributed by atoms with Gasteiger partial charge < -0.3 is 10.2 Å². The summed E-state index contributed by atoms with van der Waals surface area (Å²) in [6, 6.07) is 9.05. The van der Waals surface area contributed by atoms with Gasteiger partial charge in [-0.05, 0) is 62.1 Å². The van der Waals surface area contributed by atoms with Crippen molar-refractivity contribution >= 4 is 17.5 Å². The molecule has 3 rings (SSSR count). The quantitative estimate of drug-likeness (QED) is 0.883. The summed E-state index contributed by atoms with van der Waals surface area (Å²) in [5.41, 5.74) is 2.40. The van der Waals surface area contributed by atoms with E-state index in [9.17, 15) is 18.4 Å². The minimum Gasteiger partial charge on any atom is -0.339 e. The maximum absolute atomic E-state index is 13.7. The number of nitrogens with zero attached hydrogens (tertiary/aromatic N) is 1. The number of benzene rings is 2. The zero-order chi connectivity index (χ0) is 19.6. The normalized spacial score (nSPS) is 14.9. The van der Waals surface area contributed by atoms with Crippen LogP contribution in [0.4, 0.5) is 14.5 Å². The van der Waals surface area contributed by atoms with Crippen LogP contribution in [0.15, 0.2) is 36.4 Å². The van der Waals surface area contributed by atoms with E-state index < -0.39 is 23.2 Å². The number of halogens is 2. The highest BCUT2D eigenvalue weighted by molar-refractivity contribution is 5.95. The van der Waals surface area contributed by atoms with E-state index >= 15 is 0 Å². The molecule has 1 aliphatic heterocycles. The van der Waals surface area contributed by atoms with E-state index in [1.807, 2.05) is 32.0 Å². The van der Waals surface area contributed by atoms with Crippen LogP contribution in [0.2, 0.25) is 0 Å². The lowest BCUT2D eigenvalue weighted by Gasteiger charge is -2.31. The lowest BCUT2D eigenvalue weighted by atomic mass is 9.95. The van der Waals surface area contributed by atoms with Crippen molar-refractivity contribution in [3.05, 3.63) is 64.7 Å². The summed E-state index contributed by atoms with van der Waals surface area (Å²) in [4.78, 5) is 26.7. The van der Waals surface area contributed by atoms with Crippen LogP contribution in [0.1, 0.15) is 34.3 Å². The van der Waals surface area contributed by atoms with Crippen LogP contribution in [-0.2, 0) is 4.79 Å². The molecule has 4 nitrogen and oxygen atoms in total. The molecule has 6 heteroatoms. The summed E-state index contributed by atoms with van der Waals surface area (Å²) in [7, 11) is 0. The first-order chi connectivity index (χ1) is 12.9. The Kier molecular flexibility index (Phi) is 5.54. The summed E-state index contributed by atoms with van der Waals surface area (Å²) in [5, 5.41) is 2.35. The number of hydrogen-bond donors (Lipinski definition) is 1. The number of carbonyl (C=O) groups is 2. The highest BCUT2D eigenvalue weighted by Gasteiger charge is 2.28. The Morgan fingerprint density at radius 1 is 1.00 bits per heavy atom. The van der Waals surface area contributed by atoms with E-state index in [1.165, 1.54) is 6.07 Å². The first kappa shape index (κ1) is 19.0. The van der Waals surface area contributed by atoms with Gasteiger partial charge in [0.05, 0.1) is 0 Å². The van der Waals surface area contributed by atoms with Gasteiger partial charge in [-0.25, -0.2) is 8.78 Å². The molecule has 0 radical (unpaired) electrons. The molecule has 1 saturated heterocycles. The number of amides is 2. The van der Waals surface area contributed by atoms with Gasteiger partial charge in [0.2, 0.25) is 5.91 Å². The van der Waals surface area contributed by atoms with Crippen molar-refractivity contribution in [3.63, 3.8) is 0 Å². The Bertz CT molecular complexity index is 854. The largest absolute Gasteiger partial charge is 0.339 e. The second-order valence-corrected chi connectivity index (χ2v) is 6.95. The molecule has 2 amide bonds. The number of aryl methyl sites for hydroxylation is 2. The molecule has 142 valence electrons. The number of para-hydroxylation sites is 1. The second-order valence-electron chi connectivity index (χ2n) is 6.95. The first-order valence-corrected chi connectivity index (χ1v) is 8.98. The predicted octanol–water partition coefficient (Wildman–Crippen LogP) is 4.07. The number of nitrogens with one attached hydrogen (secondary N) is 1. The Morgan fingerprint density at radius 2 is 1.63 bits per heavy atom. The molecule has 0 saturated carbocycles. The summed E-state index contributed by atoms with van der Waals surface area (Å²) < 4.78 is 27.4. The van der Waals surface area contributed by atoms with Crippen LogP contribution in [0.5, 0.6) is 0 Å². The highest BCUT2D eigenvalue weighted by atomic mass is 19.1. The van der Waals surface area contributed by atoms with Crippen LogP contribution in [0, 0.1) is 31.4 Å². The standard InChI is InChI=1S/C21H22F2N2O2/c1-13-6-7-16(12-14(13)2)21(27)25-10-8-15(9-11-25)20(26)24-19-17(22)4-3-5-18(19)23/h3-7,12,15H,8-11H2,1-2H3,(H,24,26). The fourth-order valence-corrected chi connectivity index (χ4v) is 3.24. The van der Waals surface area contributed by atoms with Gasteiger partial charge in [0.15, 0.2) is 0 Å². The van der Waals surface area contributed by atoms with Crippen molar-refractivity contribution in [2.75, 3.05) is 18.4 Å². The lowest BCUT2D eigenvalue weighted by molar-refractivity contribution is -0.121. The van der Waals surface area contributed by atoms with Crippen LogP contribution in [-0.4, -0.2) is 29.8 Å². The topological polar surface area (TPSA) is 49.4 Å². The number of hydrogen-bond acceptors (Lipinski definition) is 2. The van der Waals surface area contributed by atoms with Gasteiger partial charge in [0.1, 0.15) is 17.3 Å². The van der Waals surface area contributed by atoms with Crippen LogP contribution in [0.3, 0.4) is 0 Å². The summed E-state index contributed by atoms with van der Waals surface area (Å²) in [6.07, 6.45) is 0.914. The van der Waals surface area contributed by atoms with E-state index in [4.69, 9.17) is 0 Å². The number of carbonyl (C=O) groups excluding carboxylic acids is 2. The SMILES string of the molecule is Cc1ccc(C(=O)N2CCC(C(=O)Nc3c(F)cccc3F)CC2)cc1C. The molecule has 0 aromatic heterocycles. The molecule has 0 bridgehead atoms. The van der Waals surface area contributed by atoms with E-state index in [0.717, 1.165) is 23.3 Å². The van der Waals surface area contributed by atoms with Crippen LogP contribution < -0.4 is 5.32 Å². The Labute approximate surface area is 157 Å². The molecule has 1 heterocycles. The lowest BCUT2D eigenvalue weighted by Crippen LogP contribution is -2.41. The number of anilines is 1. The number of rotatable bonds is 3. The first-order valence-electron chi connectivity index (χ1n) is 8.98. The Balaban J connectivity index is 1.60. The molecule has 0 aliphatic carbocycles. The number of piperidine rings is 1. The van der Waals surface area contributed by atoms with Gasteiger partial charge in [-0.1, -0.05) is 12.1 Å². The van der Waals surface area contributed by atoms with Gasteiger partial charge in [0, 0.05) is 24.6 Å². The highest BCUT2D eigenvalue weighted by Crippen LogP contribution is 2.24. The van der Waals surface area contributed by atoms with Crippen molar-refractivity contribution in [3.8, 4) is 0 Å². The van der Waals surface area contributed by atoms with Gasteiger partial charge >= 0.3 is 0 Å². The molecule has 1 fully saturated rings. The van der Waals surface area contributed by atoms with E-state index in [-0.39, 0.29) is 11.8 Å². The van der Waals surface area contributed by atoms with Gasteiger partial charge in [-0.15, -0.1) is 0 Å². The average Bonchev–Trinajstić information content (AvgIpc) is 2.66. The molecule has 1 N–H and O–H groups in total. The molecule has 2 aromatic rings. The summed E-state index contributed by atoms with van der Waals surface area (Å²) in [6.45, 7) is 4.82. The average molecular weight is 372 g/mol. The molecular weight excluding hydrogens is 350 g/mol. The molecule has 27 heavy (non-hydrogen) atoms. The molecule has 0 atom stereocenters. The minimum atomic E-state index is -0.800. The van der Waals surface area contributed by atoms with E-state index in [0.29, 0.717) is 31.5 Å². The zero-order valence-corrected chi connectivity index (χ0v) is 15.4. The molecular formula is C21H22F2N2O2. The predicted molar refractivity (Wildman–Crippen MR) is 99.5 cm³/mol. The van der Waals surface area contributed by atoms with Crippen molar-refractivity contribution < 1.29 is 18.4 Å². The third-order valence-electron chi connectivity index (χ3n) is 5.12. The Morgan fingerprint density at radius 3 is 2.22 bits per heavy atom. The molecule has 0 spiro atoms. The van der Waals surface area contributed by atoms with Gasteiger partial charge in [-0.2, -0.15) is 0 Å². The van der Waals surface area contributed by atoms with E-state index in [1.54, 1.807) is 4.90 Å².